The molecular formula is C13H13BrN2O. The monoisotopic (exact) mass is 292 g/mol. The van der Waals surface area contributed by atoms with Gasteiger partial charge in [-0.2, -0.15) is 0 Å². The Morgan fingerprint density at radius 3 is 2.41 bits per heavy atom. The van der Waals surface area contributed by atoms with Crippen molar-refractivity contribution in [3.63, 3.8) is 0 Å². The lowest BCUT2D eigenvalue weighted by Gasteiger charge is -2.07. The third-order valence-corrected chi connectivity index (χ3v) is 2.85. The van der Waals surface area contributed by atoms with Crippen LogP contribution in [-0.4, -0.2) is 4.98 Å². The minimum Gasteiger partial charge on any atom is -0.439 e. The highest BCUT2D eigenvalue weighted by Gasteiger charge is 2.02. The van der Waals surface area contributed by atoms with E-state index in [-0.39, 0.29) is 6.04 Å². The molecule has 17 heavy (non-hydrogen) atoms. The van der Waals surface area contributed by atoms with E-state index in [1.165, 1.54) is 0 Å². The minimum atomic E-state index is -0.00997. The number of halogens is 1. The van der Waals surface area contributed by atoms with Crippen molar-refractivity contribution in [1.29, 1.82) is 0 Å². The van der Waals surface area contributed by atoms with Crippen LogP contribution in [0.2, 0.25) is 0 Å². The predicted molar refractivity (Wildman–Crippen MR) is 71.1 cm³/mol. The van der Waals surface area contributed by atoms with Gasteiger partial charge in [-0.1, -0.05) is 22.0 Å². The summed E-state index contributed by atoms with van der Waals surface area (Å²) in [6.07, 6.45) is 1.73. The molecule has 0 aliphatic heterocycles. The first-order valence-electron chi connectivity index (χ1n) is 5.30. The van der Waals surface area contributed by atoms with Crippen molar-refractivity contribution in [2.24, 2.45) is 5.73 Å². The Morgan fingerprint density at radius 2 is 1.88 bits per heavy atom. The summed E-state index contributed by atoms with van der Waals surface area (Å²) in [5.74, 6) is 1.32. The van der Waals surface area contributed by atoms with Crippen molar-refractivity contribution < 1.29 is 4.74 Å². The van der Waals surface area contributed by atoms with Crippen molar-refractivity contribution in [1.82, 2.24) is 4.98 Å². The normalized spacial score (nSPS) is 12.2. The molecule has 2 aromatic rings. The molecule has 0 aliphatic carbocycles. The Morgan fingerprint density at radius 1 is 1.18 bits per heavy atom. The summed E-state index contributed by atoms with van der Waals surface area (Å²) in [7, 11) is 0. The Labute approximate surface area is 109 Å². The first kappa shape index (κ1) is 12.1. The van der Waals surface area contributed by atoms with E-state index in [0.29, 0.717) is 5.88 Å². The molecule has 2 rings (SSSR count). The summed E-state index contributed by atoms with van der Waals surface area (Å²) < 4.78 is 6.61. The van der Waals surface area contributed by atoms with Gasteiger partial charge in [0.2, 0.25) is 5.88 Å². The lowest BCUT2D eigenvalue weighted by Crippen LogP contribution is -2.05. The number of pyridine rings is 1. The minimum absolute atomic E-state index is 0.00997. The summed E-state index contributed by atoms with van der Waals surface area (Å²) in [4.78, 5) is 4.20. The molecule has 0 aliphatic rings. The molecule has 4 heteroatoms. The third kappa shape index (κ3) is 3.28. The highest BCUT2D eigenvalue weighted by atomic mass is 79.9. The van der Waals surface area contributed by atoms with E-state index >= 15 is 0 Å². The Bertz CT molecular complexity index is 480. The van der Waals surface area contributed by atoms with E-state index in [0.717, 1.165) is 15.8 Å². The zero-order valence-corrected chi connectivity index (χ0v) is 11.0. The predicted octanol–water partition coefficient (Wildman–Crippen LogP) is 3.66. The smallest absolute Gasteiger partial charge is 0.219 e. The number of benzene rings is 1. The maximum atomic E-state index is 5.75. The second-order valence-corrected chi connectivity index (χ2v) is 4.69. The Kier molecular flexibility index (Phi) is 3.76. The van der Waals surface area contributed by atoms with Gasteiger partial charge in [0.15, 0.2) is 0 Å². The fourth-order valence-electron chi connectivity index (χ4n) is 1.34. The molecule has 1 aromatic heterocycles. The lowest BCUT2D eigenvalue weighted by atomic mass is 10.2. The number of hydrogen-bond donors (Lipinski definition) is 1. The van der Waals surface area contributed by atoms with Crippen LogP contribution >= 0.6 is 15.9 Å². The van der Waals surface area contributed by atoms with Crippen LogP contribution in [0.25, 0.3) is 0 Å². The van der Waals surface area contributed by atoms with Gasteiger partial charge in [0.1, 0.15) is 5.75 Å². The topological polar surface area (TPSA) is 48.1 Å². The van der Waals surface area contributed by atoms with Crippen LogP contribution in [0.5, 0.6) is 11.6 Å². The fraction of sp³-hybridized carbons (Fsp3) is 0.154. The molecule has 0 amide bonds. The molecule has 1 aromatic carbocycles. The largest absolute Gasteiger partial charge is 0.439 e. The number of aromatic nitrogens is 1. The van der Waals surface area contributed by atoms with Gasteiger partial charge < -0.3 is 10.5 Å². The zero-order valence-electron chi connectivity index (χ0n) is 9.43. The summed E-state index contributed by atoms with van der Waals surface area (Å²) in [5, 5.41) is 0. The fourth-order valence-corrected chi connectivity index (χ4v) is 1.61. The van der Waals surface area contributed by atoms with Crippen molar-refractivity contribution in [2.75, 3.05) is 0 Å². The van der Waals surface area contributed by atoms with Crippen LogP contribution in [-0.2, 0) is 0 Å². The maximum absolute atomic E-state index is 5.75. The van der Waals surface area contributed by atoms with Crippen molar-refractivity contribution in [3.8, 4) is 11.6 Å². The number of ether oxygens (including phenoxy) is 1. The van der Waals surface area contributed by atoms with Gasteiger partial charge in [-0.15, -0.1) is 0 Å². The number of rotatable bonds is 3. The third-order valence-electron chi connectivity index (χ3n) is 2.32. The van der Waals surface area contributed by atoms with Gasteiger partial charge in [-0.3, -0.25) is 0 Å². The molecule has 0 saturated heterocycles. The molecule has 0 unspecified atom stereocenters. The Balaban J connectivity index is 2.11. The van der Waals surface area contributed by atoms with E-state index in [4.69, 9.17) is 10.5 Å². The highest BCUT2D eigenvalue weighted by Crippen LogP contribution is 2.22. The summed E-state index contributed by atoms with van der Waals surface area (Å²) in [6.45, 7) is 1.92. The van der Waals surface area contributed by atoms with E-state index in [1.807, 2.05) is 43.3 Å². The van der Waals surface area contributed by atoms with Crippen LogP contribution in [0, 0.1) is 0 Å². The second-order valence-electron chi connectivity index (χ2n) is 3.77. The van der Waals surface area contributed by atoms with Crippen LogP contribution in [0.3, 0.4) is 0 Å². The number of hydrogen-bond acceptors (Lipinski definition) is 3. The summed E-state index contributed by atoms with van der Waals surface area (Å²) in [5.41, 5.74) is 6.74. The SMILES string of the molecule is C[C@H](N)c1ccc(Oc2ccc(Br)cc2)nc1. The van der Waals surface area contributed by atoms with E-state index < -0.39 is 0 Å². The van der Waals surface area contributed by atoms with Crippen LogP contribution in [0.1, 0.15) is 18.5 Å². The molecule has 1 heterocycles. The van der Waals surface area contributed by atoms with Crippen LogP contribution in [0.15, 0.2) is 47.1 Å². The van der Waals surface area contributed by atoms with Crippen molar-refractivity contribution >= 4 is 15.9 Å². The Hall–Kier alpha value is -1.39. The molecule has 0 fully saturated rings. The van der Waals surface area contributed by atoms with E-state index in [2.05, 4.69) is 20.9 Å². The summed E-state index contributed by atoms with van der Waals surface area (Å²) in [6, 6.07) is 11.3. The van der Waals surface area contributed by atoms with Gasteiger partial charge in [0, 0.05) is 22.8 Å². The average Bonchev–Trinajstić information content (AvgIpc) is 2.33. The first-order valence-corrected chi connectivity index (χ1v) is 6.09. The molecule has 2 N–H and O–H groups in total. The average molecular weight is 293 g/mol. The van der Waals surface area contributed by atoms with Crippen molar-refractivity contribution in [2.45, 2.75) is 13.0 Å². The first-order chi connectivity index (χ1) is 8.15. The number of nitrogens with two attached hydrogens (primary N) is 1. The molecular weight excluding hydrogens is 280 g/mol. The summed E-state index contributed by atoms with van der Waals surface area (Å²) >= 11 is 3.37. The molecule has 0 spiro atoms. The lowest BCUT2D eigenvalue weighted by molar-refractivity contribution is 0.462. The number of nitrogens with zero attached hydrogens (tertiary/aromatic N) is 1. The molecule has 1 atom stereocenters. The van der Waals surface area contributed by atoms with Gasteiger partial charge in [-0.25, -0.2) is 4.98 Å². The second kappa shape index (κ2) is 5.29. The van der Waals surface area contributed by atoms with Crippen molar-refractivity contribution in [3.05, 3.63) is 52.6 Å². The molecule has 0 radical (unpaired) electrons. The van der Waals surface area contributed by atoms with Gasteiger partial charge in [0.05, 0.1) is 0 Å². The van der Waals surface area contributed by atoms with Crippen LogP contribution < -0.4 is 10.5 Å². The zero-order chi connectivity index (χ0) is 12.3. The highest BCUT2D eigenvalue weighted by molar-refractivity contribution is 9.10. The molecule has 0 bridgehead atoms. The molecule has 88 valence electrons. The molecule has 3 nitrogen and oxygen atoms in total. The maximum Gasteiger partial charge on any atom is 0.219 e. The van der Waals surface area contributed by atoms with Crippen LogP contribution in [0.4, 0.5) is 0 Å². The van der Waals surface area contributed by atoms with E-state index in [9.17, 15) is 0 Å². The van der Waals surface area contributed by atoms with E-state index in [1.54, 1.807) is 6.20 Å². The molecule has 0 saturated carbocycles. The standard InChI is InChI=1S/C13H13BrN2O/c1-9(15)10-2-7-13(16-8-10)17-12-5-3-11(14)4-6-12/h2-9H,15H2,1H3/t9-/m0/s1. The van der Waals surface area contributed by atoms with Gasteiger partial charge in [-0.05, 0) is 36.8 Å². The quantitative estimate of drug-likeness (QED) is 0.939. The van der Waals surface area contributed by atoms with Gasteiger partial charge >= 0.3 is 0 Å². The van der Waals surface area contributed by atoms with Gasteiger partial charge in [0.25, 0.3) is 0 Å².